The molecule has 1 aliphatic carbocycles. The molecule has 0 radical (unpaired) electrons. The molecule has 1 rings (SSSR count). The van der Waals surface area contributed by atoms with Crippen molar-refractivity contribution in [2.24, 2.45) is 23.7 Å². The van der Waals surface area contributed by atoms with Crippen molar-refractivity contribution >= 4 is 0 Å². The van der Waals surface area contributed by atoms with Crippen LogP contribution in [0.3, 0.4) is 0 Å². The zero-order valence-electron chi connectivity index (χ0n) is 12.0. The average Bonchev–Trinajstić information content (AvgIpc) is 2.98. The van der Waals surface area contributed by atoms with Gasteiger partial charge in [-0.2, -0.15) is 0 Å². The first kappa shape index (κ1) is 14.1. The van der Waals surface area contributed by atoms with Gasteiger partial charge in [0.05, 0.1) is 0 Å². The maximum Gasteiger partial charge on any atom is -0.0388 e. The van der Waals surface area contributed by atoms with Crippen LogP contribution in [0.25, 0.3) is 0 Å². The summed E-state index contributed by atoms with van der Waals surface area (Å²) in [6.45, 7) is 9.51. The van der Waals surface area contributed by atoms with Crippen LogP contribution in [0.2, 0.25) is 0 Å². The van der Waals surface area contributed by atoms with Crippen LogP contribution in [0.1, 0.15) is 79.1 Å². The lowest BCUT2D eigenvalue weighted by atomic mass is 9.86. The Balaban J connectivity index is 2.02. The van der Waals surface area contributed by atoms with Gasteiger partial charge in [0, 0.05) is 0 Å². The summed E-state index contributed by atoms with van der Waals surface area (Å²) in [7, 11) is 0. The van der Waals surface area contributed by atoms with Gasteiger partial charge in [-0.05, 0) is 30.1 Å². The number of rotatable bonds is 9. The molecule has 0 heterocycles. The predicted octanol–water partition coefficient (Wildman–Crippen LogP) is 5.67. The third kappa shape index (κ3) is 6.55. The smallest absolute Gasteiger partial charge is 0.0388 e. The van der Waals surface area contributed by atoms with E-state index in [1.54, 1.807) is 0 Å². The molecule has 0 bridgehead atoms. The molecule has 0 aliphatic heterocycles. The largest absolute Gasteiger partial charge is 0.0628 e. The van der Waals surface area contributed by atoms with Crippen LogP contribution >= 0.6 is 0 Å². The van der Waals surface area contributed by atoms with Gasteiger partial charge in [0.25, 0.3) is 0 Å². The van der Waals surface area contributed by atoms with E-state index in [4.69, 9.17) is 0 Å². The van der Waals surface area contributed by atoms with Gasteiger partial charge in [-0.25, -0.2) is 0 Å². The van der Waals surface area contributed by atoms with E-state index in [2.05, 4.69) is 27.7 Å². The molecular formula is C16H32. The standard InChI is InChI=1S/C16H32/c1-13(2)8-6-5-7-9-16(14(3)4)12-15-10-11-15/h13-16H,5-12H2,1-4H3. The van der Waals surface area contributed by atoms with Crippen LogP contribution in [-0.2, 0) is 0 Å². The van der Waals surface area contributed by atoms with E-state index in [9.17, 15) is 0 Å². The normalized spacial score (nSPS) is 18.4. The molecule has 1 unspecified atom stereocenters. The van der Waals surface area contributed by atoms with Crippen molar-refractivity contribution in [2.75, 3.05) is 0 Å². The summed E-state index contributed by atoms with van der Waals surface area (Å²) in [5.41, 5.74) is 0. The van der Waals surface area contributed by atoms with E-state index < -0.39 is 0 Å². The first-order valence-corrected chi connectivity index (χ1v) is 7.59. The summed E-state index contributed by atoms with van der Waals surface area (Å²) in [6, 6.07) is 0. The fourth-order valence-corrected chi connectivity index (χ4v) is 2.64. The topological polar surface area (TPSA) is 0 Å². The Kier molecular flexibility index (Phi) is 6.46. The second-order valence-electron chi connectivity index (χ2n) is 6.72. The third-order valence-electron chi connectivity index (χ3n) is 4.13. The summed E-state index contributed by atoms with van der Waals surface area (Å²) in [5, 5.41) is 0. The van der Waals surface area contributed by atoms with Crippen LogP contribution < -0.4 is 0 Å². The summed E-state index contributed by atoms with van der Waals surface area (Å²) in [6.07, 6.45) is 11.9. The molecule has 1 fully saturated rings. The second-order valence-corrected chi connectivity index (χ2v) is 6.72. The summed E-state index contributed by atoms with van der Waals surface area (Å²) in [5.74, 6) is 3.94. The van der Waals surface area contributed by atoms with Gasteiger partial charge in [0.2, 0.25) is 0 Å². The Hall–Kier alpha value is 0. The van der Waals surface area contributed by atoms with Crippen molar-refractivity contribution in [1.29, 1.82) is 0 Å². The Bertz CT molecular complexity index is 165. The van der Waals surface area contributed by atoms with Crippen LogP contribution in [0.4, 0.5) is 0 Å². The van der Waals surface area contributed by atoms with E-state index in [0.29, 0.717) is 0 Å². The Morgan fingerprint density at radius 3 is 2.00 bits per heavy atom. The maximum atomic E-state index is 2.42. The Morgan fingerprint density at radius 1 is 0.875 bits per heavy atom. The predicted molar refractivity (Wildman–Crippen MR) is 73.6 cm³/mol. The monoisotopic (exact) mass is 224 g/mol. The lowest BCUT2D eigenvalue weighted by Crippen LogP contribution is -2.09. The van der Waals surface area contributed by atoms with Gasteiger partial charge < -0.3 is 0 Å². The fourth-order valence-electron chi connectivity index (χ4n) is 2.64. The van der Waals surface area contributed by atoms with Gasteiger partial charge in [-0.1, -0.05) is 72.6 Å². The summed E-state index contributed by atoms with van der Waals surface area (Å²) in [4.78, 5) is 0. The lowest BCUT2D eigenvalue weighted by molar-refractivity contribution is 0.309. The zero-order valence-corrected chi connectivity index (χ0v) is 12.0. The van der Waals surface area contributed by atoms with E-state index in [1.165, 1.54) is 51.4 Å². The van der Waals surface area contributed by atoms with Crippen LogP contribution in [0.15, 0.2) is 0 Å². The van der Waals surface area contributed by atoms with Crippen LogP contribution in [0.5, 0.6) is 0 Å². The highest BCUT2D eigenvalue weighted by Gasteiger charge is 2.26. The second kappa shape index (κ2) is 7.35. The molecule has 0 nitrogen and oxygen atoms in total. The summed E-state index contributed by atoms with van der Waals surface area (Å²) < 4.78 is 0. The minimum atomic E-state index is 0.896. The lowest BCUT2D eigenvalue weighted by Gasteiger charge is -2.20. The van der Waals surface area contributed by atoms with E-state index in [-0.39, 0.29) is 0 Å². The van der Waals surface area contributed by atoms with Gasteiger partial charge in [0.15, 0.2) is 0 Å². The minimum absolute atomic E-state index is 0.896. The van der Waals surface area contributed by atoms with E-state index >= 15 is 0 Å². The quantitative estimate of drug-likeness (QED) is 0.443. The molecule has 0 saturated heterocycles. The van der Waals surface area contributed by atoms with Crippen molar-refractivity contribution in [1.82, 2.24) is 0 Å². The van der Waals surface area contributed by atoms with Gasteiger partial charge in [-0.15, -0.1) is 0 Å². The van der Waals surface area contributed by atoms with Gasteiger partial charge in [-0.3, -0.25) is 0 Å². The molecule has 1 aliphatic rings. The Morgan fingerprint density at radius 2 is 1.50 bits per heavy atom. The van der Waals surface area contributed by atoms with Crippen LogP contribution in [0, 0.1) is 23.7 Å². The van der Waals surface area contributed by atoms with Gasteiger partial charge >= 0.3 is 0 Å². The molecule has 1 saturated carbocycles. The fraction of sp³-hybridized carbons (Fsp3) is 1.00. The number of hydrogen-bond acceptors (Lipinski definition) is 0. The molecule has 96 valence electrons. The number of unbranched alkanes of at least 4 members (excludes halogenated alkanes) is 2. The first-order valence-electron chi connectivity index (χ1n) is 7.59. The molecule has 0 spiro atoms. The highest BCUT2D eigenvalue weighted by molar-refractivity contribution is 4.78. The molecule has 1 atom stereocenters. The molecule has 0 aromatic rings. The zero-order chi connectivity index (χ0) is 12.0. The molecule has 0 N–H and O–H groups in total. The molecule has 0 aromatic heterocycles. The van der Waals surface area contributed by atoms with Crippen molar-refractivity contribution in [2.45, 2.75) is 79.1 Å². The Labute approximate surface area is 103 Å². The SMILES string of the molecule is CC(C)CCCCCC(CC1CC1)C(C)C. The van der Waals surface area contributed by atoms with Crippen LogP contribution in [-0.4, -0.2) is 0 Å². The summed E-state index contributed by atoms with van der Waals surface area (Å²) >= 11 is 0. The van der Waals surface area contributed by atoms with E-state index in [0.717, 1.165) is 23.7 Å². The molecule has 16 heavy (non-hydrogen) atoms. The van der Waals surface area contributed by atoms with Gasteiger partial charge in [0.1, 0.15) is 0 Å². The first-order chi connectivity index (χ1) is 7.59. The molecule has 0 heteroatoms. The average molecular weight is 224 g/mol. The van der Waals surface area contributed by atoms with Crippen molar-refractivity contribution < 1.29 is 0 Å². The van der Waals surface area contributed by atoms with E-state index in [1.807, 2.05) is 0 Å². The molecular weight excluding hydrogens is 192 g/mol. The maximum absolute atomic E-state index is 2.42. The number of hydrogen-bond donors (Lipinski definition) is 0. The van der Waals surface area contributed by atoms with Crippen molar-refractivity contribution in [3.63, 3.8) is 0 Å². The van der Waals surface area contributed by atoms with Crippen molar-refractivity contribution in [3.8, 4) is 0 Å². The third-order valence-corrected chi connectivity index (χ3v) is 4.13. The highest BCUT2D eigenvalue weighted by atomic mass is 14.3. The molecule has 0 aromatic carbocycles. The molecule has 0 amide bonds. The van der Waals surface area contributed by atoms with Crippen molar-refractivity contribution in [3.05, 3.63) is 0 Å². The highest BCUT2D eigenvalue weighted by Crippen LogP contribution is 2.39. The minimum Gasteiger partial charge on any atom is -0.0628 e.